The molecule has 4 heteroatoms. The maximum absolute atomic E-state index is 5.85. The van der Waals surface area contributed by atoms with E-state index in [0.717, 1.165) is 17.1 Å². The molecule has 0 bridgehead atoms. The molecule has 0 radical (unpaired) electrons. The van der Waals surface area contributed by atoms with Gasteiger partial charge in [0.25, 0.3) is 0 Å². The fourth-order valence-electron chi connectivity index (χ4n) is 1.27. The van der Waals surface area contributed by atoms with Crippen LogP contribution in [0.2, 0.25) is 5.15 Å². The second-order valence-corrected chi connectivity index (χ2v) is 3.61. The van der Waals surface area contributed by atoms with Crippen LogP contribution in [-0.4, -0.2) is 14.8 Å². The third-order valence-electron chi connectivity index (χ3n) is 1.88. The van der Waals surface area contributed by atoms with Gasteiger partial charge in [-0.15, -0.1) is 0 Å². The molecule has 0 saturated carbocycles. The number of hydrogen-bond donors (Lipinski definition) is 0. The Morgan fingerprint density at radius 1 is 1.29 bits per heavy atom. The Morgan fingerprint density at radius 2 is 2.07 bits per heavy atom. The molecule has 72 valence electrons. The highest BCUT2D eigenvalue weighted by Crippen LogP contribution is 2.12. The van der Waals surface area contributed by atoms with Crippen LogP contribution in [0.3, 0.4) is 0 Å². The SMILES string of the molecule is Cc1cc(Cl)nc(-n2ccc(C)n2)c1. The molecule has 14 heavy (non-hydrogen) atoms. The summed E-state index contributed by atoms with van der Waals surface area (Å²) in [7, 11) is 0. The number of nitrogens with zero attached hydrogens (tertiary/aromatic N) is 3. The molecule has 0 aliphatic carbocycles. The van der Waals surface area contributed by atoms with Crippen LogP contribution in [0, 0.1) is 13.8 Å². The minimum atomic E-state index is 0.494. The molecule has 0 N–H and O–H groups in total. The van der Waals surface area contributed by atoms with Gasteiger partial charge in [-0.05, 0) is 37.6 Å². The number of halogens is 1. The minimum Gasteiger partial charge on any atom is -0.222 e. The number of aryl methyl sites for hydroxylation is 2. The fourth-order valence-corrected chi connectivity index (χ4v) is 1.53. The molecule has 2 heterocycles. The average Bonchev–Trinajstić information content (AvgIpc) is 2.50. The van der Waals surface area contributed by atoms with Crippen LogP contribution in [0.25, 0.3) is 5.82 Å². The smallest absolute Gasteiger partial charge is 0.155 e. The summed E-state index contributed by atoms with van der Waals surface area (Å²) in [5.74, 6) is 0.753. The van der Waals surface area contributed by atoms with Gasteiger partial charge < -0.3 is 0 Å². The van der Waals surface area contributed by atoms with E-state index in [1.165, 1.54) is 0 Å². The summed E-state index contributed by atoms with van der Waals surface area (Å²) in [5.41, 5.74) is 2.04. The first-order valence-electron chi connectivity index (χ1n) is 4.32. The highest BCUT2D eigenvalue weighted by molar-refractivity contribution is 6.29. The van der Waals surface area contributed by atoms with E-state index in [9.17, 15) is 0 Å². The molecule has 0 amide bonds. The highest BCUT2D eigenvalue weighted by atomic mass is 35.5. The standard InChI is InChI=1S/C10H10ClN3/c1-7-5-9(11)12-10(6-7)14-4-3-8(2)13-14/h3-6H,1-2H3. The lowest BCUT2D eigenvalue weighted by molar-refractivity contribution is 0.831. The van der Waals surface area contributed by atoms with Crippen molar-refractivity contribution in [1.29, 1.82) is 0 Å². The average molecular weight is 208 g/mol. The molecular formula is C10H10ClN3. The van der Waals surface area contributed by atoms with Crippen LogP contribution >= 0.6 is 11.6 Å². The zero-order valence-corrected chi connectivity index (χ0v) is 8.78. The van der Waals surface area contributed by atoms with Gasteiger partial charge in [0.1, 0.15) is 5.15 Å². The Labute approximate surface area is 87.3 Å². The third-order valence-corrected chi connectivity index (χ3v) is 2.08. The van der Waals surface area contributed by atoms with Crippen LogP contribution < -0.4 is 0 Å². The van der Waals surface area contributed by atoms with Crippen molar-refractivity contribution in [2.45, 2.75) is 13.8 Å². The van der Waals surface area contributed by atoms with Crippen LogP contribution in [0.15, 0.2) is 24.4 Å². The molecule has 2 rings (SSSR count). The van der Waals surface area contributed by atoms with Gasteiger partial charge in [-0.3, -0.25) is 0 Å². The summed E-state index contributed by atoms with van der Waals surface area (Å²) in [4.78, 5) is 4.18. The summed E-state index contributed by atoms with van der Waals surface area (Å²) in [6, 6.07) is 5.69. The quantitative estimate of drug-likeness (QED) is 0.673. The summed E-state index contributed by atoms with van der Waals surface area (Å²) in [6.45, 7) is 3.92. The summed E-state index contributed by atoms with van der Waals surface area (Å²) in [5, 5.41) is 4.75. The largest absolute Gasteiger partial charge is 0.222 e. The first kappa shape index (κ1) is 9.21. The molecule has 0 aliphatic rings. The third kappa shape index (κ3) is 1.77. The molecule has 0 aliphatic heterocycles. The Hall–Kier alpha value is -1.35. The maximum Gasteiger partial charge on any atom is 0.155 e. The van der Waals surface area contributed by atoms with E-state index in [1.54, 1.807) is 4.68 Å². The lowest BCUT2D eigenvalue weighted by Gasteiger charge is -2.02. The Bertz CT molecular complexity index is 442. The topological polar surface area (TPSA) is 30.7 Å². The summed E-state index contributed by atoms with van der Waals surface area (Å²) >= 11 is 5.85. The van der Waals surface area contributed by atoms with E-state index in [0.29, 0.717) is 5.15 Å². The van der Waals surface area contributed by atoms with Crippen LogP contribution in [-0.2, 0) is 0 Å². The van der Waals surface area contributed by atoms with Gasteiger partial charge in [0, 0.05) is 6.20 Å². The predicted molar refractivity (Wildman–Crippen MR) is 55.8 cm³/mol. The summed E-state index contributed by atoms with van der Waals surface area (Å²) < 4.78 is 1.72. The highest BCUT2D eigenvalue weighted by Gasteiger charge is 2.01. The monoisotopic (exact) mass is 207 g/mol. The molecule has 0 unspecified atom stereocenters. The molecule has 0 atom stereocenters. The number of rotatable bonds is 1. The zero-order valence-electron chi connectivity index (χ0n) is 8.03. The van der Waals surface area contributed by atoms with Gasteiger partial charge in [0.2, 0.25) is 0 Å². The Kier molecular flexibility index (Phi) is 2.25. The van der Waals surface area contributed by atoms with Crippen molar-refractivity contribution in [3.63, 3.8) is 0 Å². The van der Waals surface area contributed by atoms with Gasteiger partial charge in [0.05, 0.1) is 5.69 Å². The van der Waals surface area contributed by atoms with Gasteiger partial charge in [-0.2, -0.15) is 5.10 Å². The Balaban J connectivity index is 2.51. The van der Waals surface area contributed by atoms with Crippen molar-refractivity contribution in [2.75, 3.05) is 0 Å². The summed E-state index contributed by atoms with van der Waals surface area (Å²) in [6.07, 6.45) is 1.87. The van der Waals surface area contributed by atoms with Crippen molar-refractivity contribution < 1.29 is 0 Å². The van der Waals surface area contributed by atoms with Crippen LogP contribution in [0.5, 0.6) is 0 Å². The fraction of sp³-hybridized carbons (Fsp3) is 0.200. The molecule has 2 aromatic rings. The lowest BCUT2D eigenvalue weighted by Crippen LogP contribution is -1.99. The van der Waals surface area contributed by atoms with Crippen molar-refractivity contribution in [2.24, 2.45) is 0 Å². The van der Waals surface area contributed by atoms with E-state index in [4.69, 9.17) is 11.6 Å². The number of pyridine rings is 1. The number of aromatic nitrogens is 3. The van der Waals surface area contributed by atoms with Crippen molar-refractivity contribution in [3.8, 4) is 5.82 Å². The second-order valence-electron chi connectivity index (χ2n) is 3.23. The van der Waals surface area contributed by atoms with Gasteiger partial charge >= 0.3 is 0 Å². The van der Waals surface area contributed by atoms with Crippen LogP contribution in [0.1, 0.15) is 11.3 Å². The molecular weight excluding hydrogens is 198 g/mol. The molecule has 0 aromatic carbocycles. The normalized spacial score (nSPS) is 10.5. The van der Waals surface area contributed by atoms with E-state index >= 15 is 0 Å². The van der Waals surface area contributed by atoms with E-state index in [-0.39, 0.29) is 0 Å². The van der Waals surface area contributed by atoms with E-state index < -0.39 is 0 Å². The van der Waals surface area contributed by atoms with Crippen molar-refractivity contribution in [1.82, 2.24) is 14.8 Å². The van der Waals surface area contributed by atoms with E-state index in [1.807, 2.05) is 38.2 Å². The molecule has 0 fully saturated rings. The first-order valence-corrected chi connectivity index (χ1v) is 4.70. The van der Waals surface area contributed by atoms with Crippen molar-refractivity contribution >= 4 is 11.6 Å². The van der Waals surface area contributed by atoms with Gasteiger partial charge in [-0.25, -0.2) is 9.67 Å². The maximum atomic E-state index is 5.85. The minimum absolute atomic E-state index is 0.494. The zero-order chi connectivity index (χ0) is 10.1. The Morgan fingerprint density at radius 3 is 2.64 bits per heavy atom. The van der Waals surface area contributed by atoms with E-state index in [2.05, 4.69) is 10.1 Å². The molecule has 3 nitrogen and oxygen atoms in total. The first-order chi connectivity index (χ1) is 6.65. The second kappa shape index (κ2) is 3.42. The number of hydrogen-bond acceptors (Lipinski definition) is 2. The molecule has 0 spiro atoms. The van der Waals surface area contributed by atoms with Crippen molar-refractivity contribution in [3.05, 3.63) is 40.8 Å². The lowest BCUT2D eigenvalue weighted by atomic mass is 10.3. The molecule has 0 saturated heterocycles. The van der Waals surface area contributed by atoms with Crippen LogP contribution in [0.4, 0.5) is 0 Å². The van der Waals surface area contributed by atoms with Gasteiger partial charge in [-0.1, -0.05) is 11.6 Å². The molecule has 2 aromatic heterocycles. The predicted octanol–water partition coefficient (Wildman–Crippen LogP) is 2.54. The van der Waals surface area contributed by atoms with Gasteiger partial charge in [0.15, 0.2) is 5.82 Å².